The zero-order chi connectivity index (χ0) is 18.1. The molecule has 9 heteroatoms. The molecule has 7 nitrogen and oxygen atoms in total. The van der Waals surface area contributed by atoms with Crippen LogP contribution in [0.5, 0.6) is 0 Å². The van der Waals surface area contributed by atoms with Crippen LogP contribution in [-0.4, -0.2) is 42.7 Å². The van der Waals surface area contributed by atoms with Crippen LogP contribution < -0.4 is 0 Å². The zero-order valence-corrected chi connectivity index (χ0v) is 15.7. The van der Waals surface area contributed by atoms with Gasteiger partial charge in [0, 0.05) is 18.3 Å². The number of hydrogen-bond acceptors (Lipinski definition) is 5. The molecule has 1 aliphatic carbocycles. The van der Waals surface area contributed by atoms with Crippen molar-refractivity contribution >= 4 is 34.2 Å². The van der Waals surface area contributed by atoms with E-state index < -0.39 is 5.79 Å². The largest absolute Gasteiger partial charge is 0.344 e. The summed E-state index contributed by atoms with van der Waals surface area (Å²) in [5.74, 6) is -0.459. The molecule has 0 unspecified atom stereocenters. The van der Waals surface area contributed by atoms with Crippen LogP contribution in [-0.2, 0) is 9.47 Å². The third-order valence-electron chi connectivity index (χ3n) is 5.24. The third-order valence-corrected chi connectivity index (χ3v) is 5.69. The van der Waals surface area contributed by atoms with Crippen LogP contribution in [0.1, 0.15) is 37.8 Å². The lowest BCUT2D eigenvalue weighted by molar-refractivity contribution is -0.157. The number of rotatable bonds is 2. The Morgan fingerprint density at radius 2 is 2.04 bits per heavy atom. The van der Waals surface area contributed by atoms with Gasteiger partial charge in [-0.25, -0.2) is 4.98 Å². The first-order chi connectivity index (χ1) is 12.4. The molecule has 1 saturated heterocycles. The van der Waals surface area contributed by atoms with Crippen molar-refractivity contribution in [2.45, 2.75) is 50.2 Å². The quantitative estimate of drug-likeness (QED) is 0.530. The number of ether oxygens (including phenoxy) is 2. The lowest BCUT2D eigenvalue weighted by atomic mass is 9.98. The number of aromatic nitrogens is 5. The topological polar surface area (TPSA) is 77.9 Å². The predicted molar refractivity (Wildman–Crippen MR) is 96.4 cm³/mol. The highest BCUT2D eigenvalue weighted by atomic mass is 35.5. The van der Waals surface area contributed by atoms with Gasteiger partial charge in [-0.3, -0.25) is 5.10 Å². The van der Waals surface area contributed by atoms with E-state index in [9.17, 15) is 0 Å². The van der Waals surface area contributed by atoms with E-state index in [1.54, 1.807) is 0 Å². The Kier molecular flexibility index (Phi) is 3.59. The van der Waals surface area contributed by atoms with Gasteiger partial charge < -0.3 is 14.0 Å². The highest BCUT2D eigenvalue weighted by Gasteiger charge is 2.55. The number of aromatic amines is 1. The molecule has 0 aromatic carbocycles. The van der Waals surface area contributed by atoms with Crippen LogP contribution in [0.2, 0.25) is 10.4 Å². The summed E-state index contributed by atoms with van der Waals surface area (Å²) < 4.78 is 14.6. The van der Waals surface area contributed by atoms with Crippen molar-refractivity contribution in [2.24, 2.45) is 0 Å². The average Bonchev–Trinajstić information content (AvgIpc) is 3.29. The minimum atomic E-state index is -0.636. The second-order valence-corrected chi connectivity index (χ2v) is 7.95. The molecule has 0 bridgehead atoms. The number of nitrogens with one attached hydrogen (secondary N) is 1. The Bertz CT molecular complexity index is 971. The molecule has 0 amide bonds. The SMILES string of the molecule is CC1(C)O[C@@H]2[C@H](O1)[C@@H](c1cn[nH]c1)C[C@H]2n1ccc2c(Cl)nc(Cl)nc21. The molecular formula is C17H17Cl2N5O2. The van der Waals surface area contributed by atoms with Gasteiger partial charge in [0.05, 0.1) is 23.7 Å². The maximum Gasteiger partial charge on any atom is 0.225 e. The molecule has 4 atom stereocenters. The van der Waals surface area contributed by atoms with Crippen LogP contribution in [0, 0.1) is 0 Å². The van der Waals surface area contributed by atoms with E-state index in [0.717, 1.165) is 17.4 Å². The Morgan fingerprint density at radius 1 is 1.23 bits per heavy atom. The third kappa shape index (κ3) is 2.45. The van der Waals surface area contributed by atoms with Crippen LogP contribution >= 0.6 is 23.2 Å². The number of halogens is 2. The minimum Gasteiger partial charge on any atom is -0.344 e. The second kappa shape index (κ2) is 5.66. The summed E-state index contributed by atoms with van der Waals surface area (Å²) in [5, 5.41) is 8.25. The van der Waals surface area contributed by atoms with Gasteiger partial charge in [0.25, 0.3) is 0 Å². The van der Waals surface area contributed by atoms with E-state index in [0.29, 0.717) is 10.8 Å². The maximum absolute atomic E-state index is 6.26. The van der Waals surface area contributed by atoms with Crippen LogP contribution in [0.15, 0.2) is 24.7 Å². The fraction of sp³-hybridized carbons (Fsp3) is 0.471. The van der Waals surface area contributed by atoms with Gasteiger partial charge in [-0.15, -0.1) is 0 Å². The van der Waals surface area contributed by atoms with Crippen molar-refractivity contribution < 1.29 is 9.47 Å². The molecule has 136 valence electrons. The molecule has 2 fully saturated rings. The van der Waals surface area contributed by atoms with Crippen molar-refractivity contribution in [3.8, 4) is 0 Å². The number of fused-ring (bicyclic) bond motifs is 2. The van der Waals surface area contributed by atoms with E-state index in [4.69, 9.17) is 32.7 Å². The van der Waals surface area contributed by atoms with Crippen LogP contribution in [0.25, 0.3) is 11.0 Å². The predicted octanol–water partition coefficient (Wildman–Crippen LogP) is 3.71. The van der Waals surface area contributed by atoms with Crippen molar-refractivity contribution in [3.05, 3.63) is 40.7 Å². The first-order valence-corrected chi connectivity index (χ1v) is 9.22. The Hall–Kier alpha value is -1.67. The van der Waals surface area contributed by atoms with Gasteiger partial charge in [-0.05, 0) is 43.5 Å². The zero-order valence-electron chi connectivity index (χ0n) is 14.2. The summed E-state index contributed by atoms with van der Waals surface area (Å²) in [6.07, 6.45) is 6.42. The first kappa shape index (κ1) is 16.5. The van der Waals surface area contributed by atoms with Gasteiger partial charge >= 0.3 is 0 Å². The fourth-order valence-corrected chi connectivity index (χ4v) is 4.69. The minimum absolute atomic E-state index is 0.0428. The van der Waals surface area contributed by atoms with Gasteiger partial charge in [-0.2, -0.15) is 10.1 Å². The summed E-state index contributed by atoms with van der Waals surface area (Å²) >= 11 is 12.3. The number of H-pyrrole nitrogens is 1. The van der Waals surface area contributed by atoms with Crippen LogP contribution in [0.4, 0.5) is 0 Å². The summed E-state index contributed by atoms with van der Waals surface area (Å²) in [6, 6.07) is 1.95. The molecule has 26 heavy (non-hydrogen) atoms. The lowest BCUT2D eigenvalue weighted by Gasteiger charge is -2.24. The molecule has 0 spiro atoms. The van der Waals surface area contributed by atoms with E-state index in [-0.39, 0.29) is 29.5 Å². The normalized spacial score (nSPS) is 30.2. The summed E-state index contributed by atoms with van der Waals surface area (Å²) in [7, 11) is 0. The average molecular weight is 394 g/mol. The van der Waals surface area contributed by atoms with Gasteiger partial charge in [0.1, 0.15) is 16.9 Å². The maximum atomic E-state index is 6.26. The second-order valence-electron chi connectivity index (χ2n) is 7.25. The Balaban J connectivity index is 1.61. The summed E-state index contributed by atoms with van der Waals surface area (Å²) in [6.45, 7) is 3.89. The fourth-order valence-electron chi connectivity index (χ4n) is 4.25. The lowest BCUT2D eigenvalue weighted by Crippen LogP contribution is -2.27. The Labute approximate surface area is 159 Å². The molecule has 1 N–H and O–H groups in total. The van der Waals surface area contributed by atoms with Gasteiger partial charge in [0.15, 0.2) is 5.79 Å². The molecule has 1 saturated carbocycles. The number of nitrogens with zero attached hydrogens (tertiary/aromatic N) is 4. The summed E-state index contributed by atoms with van der Waals surface area (Å²) in [5.41, 5.74) is 1.82. The van der Waals surface area contributed by atoms with Crippen molar-refractivity contribution in [3.63, 3.8) is 0 Å². The smallest absolute Gasteiger partial charge is 0.225 e. The van der Waals surface area contributed by atoms with E-state index >= 15 is 0 Å². The van der Waals surface area contributed by atoms with E-state index in [1.165, 1.54) is 0 Å². The van der Waals surface area contributed by atoms with E-state index in [2.05, 4.69) is 24.7 Å². The number of hydrogen-bond donors (Lipinski definition) is 1. The molecule has 3 aromatic rings. The van der Waals surface area contributed by atoms with E-state index in [1.807, 2.05) is 38.5 Å². The molecule has 3 aromatic heterocycles. The van der Waals surface area contributed by atoms with Gasteiger partial charge in [-0.1, -0.05) is 11.6 Å². The highest BCUT2D eigenvalue weighted by Crippen LogP contribution is 2.51. The van der Waals surface area contributed by atoms with Crippen LogP contribution in [0.3, 0.4) is 0 Å². The molecule has 5 rings (SSSR count). The monoisotopic (exact) mass is 393 g/mol. The molecular weight excluding hydrogens is 377 g/mol. The first-order valence-electron chi connectivity index (χ1n) is 8.47. The standard InChI is InChI=1S/C17H17Cl2N5O2/c1-17(2)25-12-10(8-6-20-21-7-8)5-11(13(12)26-17)24-4-3-9-14(18)22-16(19)23-15(9)24/h3-4,6-7,10-13H,5H2,1-2H3,(H,20,21)/t10-,11-,12-,13+/m1/s1. The van der Waals surface area contributed by atoms with Crippen molar-refractivity contribution in [1.29, 1.82) is 0 Å². The van der Waals surface area contributed by atoms with Gasteiger partial charge in [0.2, 0.25) is 5.28 Å². The molecule has 0 radical (unpaired) electrons. The molecule has 2 aliphatic rings. The highest BCUT2D eigenvalue weighted by molar-refractivity contribution is 6.35. The van der Waals surface area contributed by atoms with Crippen molar-refractivity contribution in [2.75, 3.05) is 0 Å². The summed E-state index contributed by atoms with van der Waals surface area (Å²) in [4.78, 5) is 8.42. The molecule has 1 aliphatic heterocycles. The Morgan fingerprint density at radius 3 is 2.81 bits per heavy atom. The van der Waals surface area contributed by atoms with Crippen molar-refractivity contribution in [1.82, 2.24) is 24.7 Å². The molecule has 4 heterocycles.